The van der Waals surface area contributed by atoms with E-state index in [-0.39, 0.29) is 5.41 Å². The molecule has 0 unspecified atom stereocenters. The van der Waals surface area contributed by atoms with Gasteiger partial charge in [-0.2, -0.15) is 5.26 Å². The summed E-state index contributed by atoms with van der Waals surface area (Å²) in [5, 5.41) is 9.05. The molecule has 1 heterocycles. The highest BCUT2D eigenvalue weighted by Gasteiger charge is 2.17. The summed E-state index contributed by atoms with van der Waals surface area (Å²) in [7, 11) is 2.02. The van der Waals surface area contributed by atoms with Gasteiger partial charge in [-0.25, -0.2) is 4.98 Å². The Morgan fingerprint density at radius 1 is 1.41 bits per heavy atom. The van der Waals surface area contributed by atoms with Crippen molar-refractivity contribution in [3.63, 3.8) is 0 Å². The summed E-state index contributed by atoms with van der Waals surface area (Å²) in [6.45, 7) is 5.92. The highest BCUT2D eigenvalue weighted by atomic mass is 15.0. The summed E-state index contributed by atoms with van der Waals surface area (Å²) < 4.78 is 2.08. The summed E-state index contributed by atoms with van der Waals surface area (Å²) in [6, 6.07) is 8.58. The molecule has 0 amide bonds. The van der Waals surface area contributed by atoms with E-state index < -0.39 is 0 Å². The van der Waals surface area contributed by atoms with E-state index in [0.29, 0.717) is 0 Å². The van der Waals surface area contributed by atoms with Crippen molar-refractivity contribution < 1.29 is 0 Å². The first kappa shape index (κ1) is 11.7. The minimum atomic E-state index is -0.322. The molecule has 0 aliphatic carbocycles. The third kappa shape index (κ3) is 2.16. The van der Waals surface area contributed by atoms with Gasteiger partial charge in [-0.15, -0.1) is 0 Å². The molecule has 0 fully saturated rings. The number of benzene rings is 1. The van der Waals surface area contributed by atoms with Crippen LogP contribution in [0, 0.1) is 23.7 Å². The summed E-state index contributed by atoms with van der Waals surface area (Å²) >= 11 is 0. The van der Waals surface area contributed by atoms with Gasteiger partial charge in [0.05, 0.1) is 22.5 Å². The lowest BCUT2D eigenvalue weighted by molar-refractivity contribution is 0.493. The molecule has 0 saturated heterocycles. The number of fused-ring (bicyclic) bond motifs is 1. The summed E-state index contributed by atoms with van der Waals surface area (Å²) in [4.78, 5) is 4.51. The number of aromatic nitrogens is 2. The smallest absolute Gasteiger partial charge is 0.106 e. The third-order valence-corrected chi connectivity index (χ3v) is 3.12. The number of nitriles is 1. The van der Waals surface area contributed by atoms with E-state index in [1.54, 1.807) is 0 Å². The fraction of sp³-hybridized carbons (Fsp3) is 0.429. The predicted octanol–water partition coefficient (Wildman–Crippen LogP) is 2.97. The maximum absolute atomic E-state index is 9.05. The van der Waals surface area contributed by atoms with Crippen LogP contribution in [0.25, 0.3) is 11.0 Å². The fourth-order valence-electron chi connectivity index (χ4n) is 2.03. The second kappa shape index (κ2) is 3.89. The van der Waals surface area contributed by atoms with E-state index >= 15 is 0 Å². The van der Waals surface area contributed by atoms with Crippen LogP contribution in [-0.2, 0) is 13.5 Å². The maximum Gasteiger partial charge on any atom is 0.106 e. The minimum Gasteiger partial charge on any atom is -0.331 e. The van der Waals surface area contributed by atoms with E-state index in [2.05, 4.69) is 33.8 Å². The molecule has 0 aliphatic rings. The summed E-state index contributed by atoms with van der Waals surface area (Å²) in [5.41, 5.74) is 3.00. The molecule has 2 rings (SSSR count). The molecule has 0 atom stereocenters. The van der Waals surface area contributed by atoms with E-state index in [1.807, 2.05) is 27.8 Å². The van der Waals surface area contributed by atoms with Crippen LogP contribution in [0.4, 0.5) is 0 Å². The van der Waals surface area contributed by atoms with E-state index in [0.717, 1.165) is 23.3 Å². The SMILES string of the molecule is Cc1nc2cc(CC(C)(C)C#N)ccc2n1C. The first-order chi connectivity index (χ1) is 7.93. The van der Waals surface area contributed by atoms with E-state index in [9.17, 15) is 0 Å². The average Bonchev–Trinajstić information content (AvgIpc) is 2.54. The van der Waals surface area contributed by atoms with Crippen LogP contribution in [0.15, 0.2) is 18.2 Å². The summed E-state index contributed by atoms with van der Waals surface area (Å²) in [6.07, 6.45) is 0.759. The van der Waals surface area contributed by atoms with Crippen molar-refractivity contribution in [1.82, 2.24) is 9.55 Å². The number of imidazole rings is 1. The Labute approximate surface area is 102 Å². The molecule has 0 aliphatic heterocycles. The standard InChI is InChI=1S/C14H17N3/c1-10-16-12-7-11(8-14(2,3)9-15)5-6-13(12)17(10)4/h5-7H,8H2,1-4H3. The van der Waals surface area contributed by atoms with Gasteiger partial charge in [-0.05, 0) is 44.9 Å². The van der Waals surface area contributed by atoms with Crippen LogP contribution < -0.4 is 0 Å². The molecule has 3 nitrogen and oxygen atoms in total. The lowest BCUT2D eigenvalue weighted by atomic mass is 9.87. The second-order valence-electron chi connectivity index (χ2n) is 5.21. The molecule has 3 heteroatoms. The number of aryl methyl sites for hydroxylation is 2. The molecule has 0 N–H and O–H groups in total. The Kier molecular flexibility index (Phi) is 2.66. The lowest BCUT2D eigenvalue weighted by Gasteiger charge is -2.14. The number of rotatable bonds is 2. The van der Waals surface area contributed by atoms with Crippen molar-refractivity contribution in [2.24, 2.45) is 12.5 Å². The highest BCUT2D eigenvalue weighted by Crippen LogP contribution is 2.23. The Hall–Kier alpha value is -1.82. The Bertz CT molecular complexity index is 600. The van der Waals surface area contributed by atoms with Gasteiger partial charge in [0.15, 0.2) is 0 Å². The highest BCUT2D eigenvalue weighted by molar-refractivity contribution is 5.76. The van der Waals surface area contributed by atoms with Crippen LogP contribution in [0.3, 0.4) is 0 Å². The zero-order valence-corrected chi connectivity index (χ0v) is 10.8. The van der Waals surface area contributed by atoms with Gasteiger partial charge < -0.3 is 4.57 Å². The molecule has 2 aromatic rings. The number of hydrogen-bond acceptors (Lipinski definition) is 2. The van der Waals surface area contributed by atoms with Crippen LogP contribution in [0.1, 0.15) is 25.2 Å². The molecular formula is C14H17N3. The van der Waals surface area contributed by atoms with Gasteiger partial charge in [-0.1, -0.05) is 6.07 Å². The van der Waals surface area contributed by atoms with Gasteiger partial charge >= 0.3 is 0 Å². The van der Waals surface area contributed by atoms with E-state index in [4.69, 9.17) is 5.26 Å². The number of hydrogen-bond donors (Lipinski definition) is 0. The third-order valence-electron chi connectivity index (χ3n) is 3.12. The summed E-state index contributed by atoms with van der Waals surface area (Å²) in [5.74, 6) is 1.01. The van der Waals surface area contributed by atoms with Crippen LogP contribution in [-0.4, -0.2) is 9.55 Å². The van der Waals surface area contributed by atoms with Crippen LogP contribution in [0.5, 0.6) is 0 Å². The zero-order valence-electron chi connectivity index (χ0n) is 10.8. The van der Waals surface area contributed by atoms with Gasteiger partial charge in [0, 0.05) is 7.05 Å². The first-order valence-corrected chi connectivity index (χ1v) is 5.76. The maximum atomic E-state index is 9.05. The molecular weight excluding hydrogens is 210 g/mol. The quantitative estimate of drug-likeness (QED) is 0.791. The topological polar surface area (TPSA) is 41.6 Å². The van der Waals surface area contributed by atoms with Gasteiger partial charge in [0.25, 0.3) is 0 Å². The monoisotopic (exact) mass is 227 g/mol. The molecule has 1 aromatic carbocycles. The van der Waals surface area contributed by atoms with Crippen molar-refractivity contribution in [1.29, 1.82) is 5.26 Å². The van der Waals surface area contributed by atoms with Gasteiger partial charge in [0.2, 0.25) is 0 Å². The average molecular weight is 227 g/mol. The van der Waals surface area contributed by atoms with Crippen molar-refractivity contribution in [3.05, 3.63) is 29.6 Å². The number of nitrogens with zero attached hydrogens (tertiary/aromatic N) is 3. The molecule has 0 bridgehead atoms. The van der Waals surface area contributed by atoms with Crippen molar-refractivity contribution >= 4 is 11.0 Å². The fourth-order valence-corrected chi connectivity index (χ4v) is 2.03. The van der Waals surface area contributed by atoms with Crippen LogP contribution >= 0.6 is 0 Å². The molecule has 88 valence electrons. The zero-order chi connectivity index (χ0) is 12.6. The lowest BCUT2D eigenvalue weighted by Crippen LogP contribution is -2.11. The van der Waals surface area contributed by atoms with Crippen LogP contribution in [0.2, 0.25) is 0 Å². The molecule has 0 saturated carbocycles. The largest absolute Gasteiger partial charge is 0.331 e. The van der Waals surface area contributed by atoms with Crippen molar-refractivity contribution in [3.8, 4) is 6.07 Å². The molecule has 1 aromatic heterocycles. The predicted molar refractivity (Wildman–Crippen MR) is 68.5 cm³/mol. The molecule has 0 spiro atoms. The van der Waals surface area contributed by atoms with Gasteiger partial charge in [0.1, 0.15) is 5.82 Å². The first-order valence-electron chi connectivity index (χ1n) is 5.76. The Morgan fingerprint density at radius 3 is 2.76 bits per heavy atom. The Morgan fingerprint density at radius 2 is 2.12 bits per heavy atom. The van der Waals surface area contributed by atoms with Crippen molar-refractivity contribution in [2.45, 2.75) is 27.2 Å². The second-order valence-corrected chi connectivity index (χ2v) is 5.21. The normalized spacial score (nSPS) is 11.7. The van der Waals surface area contributed by atoms with Gasteiger partial charge in [-0.3, -0.25) is 0 Å². The Balaban J connectivity index is 2.43. The van der Waals surface area contributed by atoms with Crippen molar-refractivity contribution in [2.75, 3.05) is 0 Å². The van der Waals surface area contributed by atoms with E-state index in [1.165, 1.54) is 5.56 Å². The molecule has 17 heavy (non-hydrogen) atoms. The molecule has 0 radical (unpaired) electrons. The minimum absolute atomic E-state index is 0.322.